The zero-order valence-corrected chi connectivity index (χ0v) is 18.7. The summed E-state index contributed by atoms with van der Waals surface area (Å²) in [6.45, 7) is 3.93. The van der Waals surface area contributed by atoms with Gasteiger partial charge in [-0.05, 0) is 56.0 Å². The van der Waals surface area contributed by atoms with Crippen molar-refractivity contribution in [3.05, 3.63) is 83.1 Å². The Morgan fingerprint density at radius 1 is 0.844 bits per heavy atom. The smallest absolute Gasteiger partial charge is 0.161 e. The van der Waals surface area contributed by atoms with Crippen LogP contribution in [0.25, 0.3) is 5.82 Å². The lowest BCUT2D eigenvalue weighted by Gasteiger charge is -2.11. The molecule has 0 unspecified atom stereocenters. The summed E-state index contributed by atoms with van der Waals surface area (Å²) in [5, 5.41) is 4.42. The third kappa shape index (κ3) is 4.91. The van der Waals surface area contributed by atoms with Crippen LogP contribution in [0.3, 0.4) is 0 Å². The monoisotopic (exact) mass is 430 g/mol. The van der Waals surface area contributed by atoms with E-state index in [9.17, 15) is 0 Å². The maximum atomic E-state index is 5.42. The first kappa shape index (κ1) is 21.4. The van der Waals surface area contributed by atoms with Gasteiger partial charge in [-0.2, -0.15) is 9.78 Å². The quantitative estimate of drug-likeness (QED) is 0.423. The Morgan fingerprint density at radius 2 is 1.66 bits per heavy atom. The van der Waals surface area contributed by atoms with E-state index in [0.29, 0.717) is 29.6 Å². The van der Waals surface area contributed by atoms with Crippen LogP contribution in [-0.2, 0) is 19.3 Å². The minimum Gasteiger partial charge on any atom is -0.493 e. The molecule has 0 N–H and O–H groups in total. The van der Waals surface area contributed by atoms with Gasteiger partial charge in [-0.25, -0.2) is 15.0 Å². The van der Waals surface area contributed by atoms with Crippen LogP contribution in [0.2, 0.25) is 0 Å². The topological polar surface area (TPSA) is 87.8 Å². The minimum absolute atomic E-state index is 0.575. The zero-order valence-electron chi connectivity index (χ0n) is 18.7. The van der Waals surface area contributed by atoms with Gasteiger partial charge in [0.05, 0.1) is 14.2 Å². The fourth-order valence-corrected chi connectivity index (χ4v) is 3.50. The Kier molecular flexibility index (Phi) is 6.39. The molecule has 0 bridgehead atoms. The number of hydrogen-bond donors (Lipinski definition) is 0. The van der Waals surface area contributed by atoms with E-state index >= 15 is 0 Å². The van der Waals surface area contributed by atoms with E-state index in [0.717, 1.165) is 41.2 Å². The van der Waals surface area contributed by atoms with Crippen molar-refractivity contribution in [2.24, 2.45) is 0 Å². The van der Waals surface area contributed by atoms with Gasteiger partial charge in [-0.15, -0.1) is 0 Å². The molecule has 0 spiro atoms. The second-order valence-electron chi connectivity index (χ2n) is 7.55. The molecule has 0 aliphatic rings. The second-order valence-corrected chi connectivity index (χ2v) is 7.55. The minimum atomic E-state index is 0.575. The molecule has 0 aliphatic heterocycles. The van der Waals surface area contributed by atoms with E-state index in [2.05, 4.69) is 37.2 Å². The molecule has 0 saturated carbocycles. The van der Waals surface area contributed by atoms with Crippen molar-refractivity contribution in [1.29, 1.82) is 0 Å². The number of methoxy groups -OCH3 is 2. The van der Waals surface area contributed by atoms with Crippen LogP contribution >= 0.6 is 0 Å². The number of benzene rings is 1. The lowest BCUT2D eigenvalue weighted by Crippen LogP contribution is -2.09. The predicted molar refractivity (Wildman–Crippen MR) is 120 cm³/mol. The molecule has 0 radical (unpaired) electrons. The molecule has 32 heavy (non-hydrogen) atoms. The number of hydrogen-bond acceptors (Lipinski definition) is 7. The van der Waals surface area contributed by atoms with Gasteiger partial charge in [-0.1, -0.05) is 12.1 Å². The molecule has 4 aromatic rings. The number of ether oxygens (including phenoxy) is 2. The third-order valence-electron chi connectivity index (χ3n) is 5.13. The molecule has 8 nitrogen and oxygen atoms in total. The fourth-order valence-electron chi connectivity index (χ4n) is 3.50. The summed E-state index contributed by atoms with van der Waals surface area (Å²) in [4.78, 5) is 18.1. The highest BCUT2D eigenvalue weighted by atomic mass is 16.5. The summed E-state index contributed by atoms with van der Waals surface area (Å²) >= 11 is 0. The Labute approximate surface area is 187 Å². The fraction of sp³-hybridized carbons (Fsp3) is 0.292. The molecule has 0 fully saturated rings. The molecular formula is C24H26N6O2. The number of aryl methyl sites for hydroxylation is 4. The van der Waals surface area contributed by atoms with Crippen molar-refractivity contribution >= 4 is 0 Å². The summed E-state index contributed by atoms with van der Waals surface area (Å²) < 4.78 is 12.5. The zero-order chi connectivity index (χ0) is 22.5. The molecule has 8 heteroatoms. The number of aromatic nitrogens is 6. The molecule has 0 atom stereocenters. The standard InChI is InChI=1S/C24H26N6O2/c1-16-5-7-19(25-14-16)8-9-20-13-24(29-17(2)28-20)30-23(26-15-27-30)12-18-6-10-21(31-3)22(11-18)32-4/h5-7,10-11,13-15H,8-9,12H2,1-4H3. The normalized spacial score (nSPS) is 10.9. The number of pyridine rings is 1. The molecule has 1 aromatic carbocycles. The van der Waals surface area contributed by atoms with Crippen molar-refractivity contribution < 1.29 is 9.47 Å². The Morgan fingerprint density at radius 3 is 2.41 bits per heavy atom. The summed E-state index contributed by atoms with van der Waals surface area (Å²) in [5.41, 5.74) is 4.18. The van der Waals surface area contributed by atoms with Crippen LogP contribution in [0.15, 0.2) is 48.9 Å². The lowest BCUT2D eigenvalue weighted by atomic mass is 10.1. The maximum absolute atomic E-state index is 5.42. The Balaban J connectivity index is 1.56. The van der Waals surface area contributed by atoms with Crippen LogP contribution in [-0.4, -0.2) is 43.9 Å². The van der Waals surface area contributed by atoms with Crippen molar-refractivity contribution in [3.8, 4) is 17.3 Å². The van der Waals surface area contributed by atoms with Crippen LogP contribution in [0.1, 0.15) is 34.2 Å². The van der Waals surface area contributed by atoms with E-state index in [1.807, 2.05) is 44.3 Å². The van der Waals surface area contributed by atoms with Crippen LogP contribution in [0, 0.1) is 13.8 Å². The molecule has 3 heterocycles. The van der Waals surface area contributed by atoms with Crippen molar-refractivity contribution in [2.45, 2.75) is 33.1 Å². The summed E-state index contributed by atoms with van der Waals surface area (Å²) in [6, 6.07) is 11.9. The molecule has 4 rings (SSSR count). The van der Waals surface area contributed by atoms with Gasteiger partial charge < -0.3 is 9.47 Å². The van der Waals surface area contributed by atoms with E-state index in [4.69, 9.17) is 9.47 Å². The third-order valence-corrected chi connectivity index (χ3v) is 5.13. The first-order chi connectivity index (χ1) is 15.6. The van der Waals surface area contributed by atoms with Crippen molar-refractivity contribution in [1.82, 2.24) is 29.7 Å². The van der Waals surface area contributed by atoms with E-state index in [1.165, 1.54) is 0 Å². The average Bonchev–Trinajstić information content (AvgIpc) is 3.26. The Bertz CT molecular complexity index is 1200. The van der Waals surface area contributed by atoms with Gasteiger partial charge in [0.25, 0.3) is 0 Å². The van der Waals surface area contributed by atoms with Gasteiger partial charge in [0.1, 0.15) is 18.0 Å². The lowest BCUT2D eigenvalue weighted by molar-refractivity contribution is 0.354. The highest BCUT2D eigenvalue weighted by Gasteiger charge is 2.13. The second kappa shape index (κ2) is 9.55. The average molecular weight is 431 g/mol. The summed E-state index contributed by atoms with van der Waals surface area (Å²) in [7, 11) is 3.25. The molecule has 0 saturated heterocycles. The summed E-state index contributed by atoms with van der Waals surface area (Å²) in [5.74, 6) is 3.55. The highest BCUT2D eigenvalue weighted by molar-refractivity contribution is 5.43. The predicted octanol–water partition coefficient (Wildman–Crippen LogP) is 3.46. The molecular weight excluding hydrogens is 404 g/mol. The van der Waals surface area contributed by atoms with E-state index < -0.39 is 0 Å². The largest absolute Gasteiger partial charge is 0.493 e. The molecule has 3 aromatic heterocycles. The van der Waals surface area contributed by atoms with E-state index in [1.54, 1.807) is 25.2 Å². The van der Waals surface area contributed by atoms with Crippen LogP contribution in [0.5, 0.6) is 11.5 Å². The van der Waals surface area contributed by atoms with E-state index in [-0.39, 0.29) is 0 Å². The first-order valence-corrected chi connectivity index (χ1v) is 10.4. The Hall–Kier alpha value is -3.81. The summed E-state index contributed by atoms with van der Waals surface area (Å²) in [6.07, 6.45) is 5.59. The molecule has 0 aliphatic carbocycles. The van der Waals surface area contributed by atoms with Gasteiger partial charge in [0.15, 0.2) is 17.3 Å². The molecule has 164 valence electrons. The van der Waals surface area contributed by atoms with Gasteiger partial charge in [-0.3, -0.25) is 4.98 Å². The van der Waals surface area contributed by atoms with Gasteiger partial charge >= 0.3 is 0 Å². The first-order valence-electron chi connectivity index (χ1n) is 10.4. The maximum Gasteiger partial charge on any atom is 0.161 e. The molecule has 0 amide bonds. The van der Waals surface area contributed by atoms with Crippen LogP contribution in [0.4, 0.5) is 0 Å². The van der Waals surface area contributed by atoms with Gasteiger partial charge in [0.2, 0.25) is 0 Å². The van der Waals surface area contributed by atoms with Crippen molar-refractivity contribution in [3.63, 3.8) is 0 Å². The highest BCUT2D eigenvalue weighted by Crippen LogP contribution is 2.28. The van der Waals surface area contributed by atoms with Crippen molar-refractivity contribution in [2.75, 3.05) is 14.2 Å². The van der Waals surface area contributed by atoms with Crippen LogP contribution < -0.4 is 9.47 Å². The van der Waals surface area contributed by atoms with Gasteiger partial charge in [0, 0.05) is 30.1 Å². The number of rotatable bonds is 8. The number of nitrogens with zero attached hydrogens (tertiary/aromatic N) is 6. The SMILES string of the molecule is COc1ccc(Cc2ncnn2-c2cc(CCc3ccc(C)cn3)nc(C)n2)cc1OC.